The molecule has 8 heteroatoms. The van der Waals surface area contributed by atoms with Crippen molar-refractivity contribution in [3.63, 3.8) is 0 Å². The molecule has 3 heterocycles. The number of hydrogen-bond donors (Lipinski definition) is 2. The number of carbonyl (C=O) groups is 2. The van der Waals surface area contributed by atoms with Crippen molar-refractivity contribution in [3.8, 4) is 0 Å². The zero-order chi connectivity index (χ0) is 18.1. The second-order valence-electron chi connectivity index (χ2n) is 6.12. The summed E-state index contributed by atoms with van der Waals surface area (Å²) in [6, 6.07) is 9.68. The third-order valence-corrected chi connectivity index (χ3v) is 4.40. The van der Waals surface area contributed by atoms with Crippen LogP contribution in [0.3, 0.4) is 0 Å². The number of carbonyl (C=O) groups excluding carboxylic acids is 2. The van der Waals surface area contributed by atoms with Gasteiger partial charge in [-0.15, -0.1) is 10.2 Å². The van der Waals surface area contributed by atoms with Crippen molar-refractivity contribution < 1.29 is 14.0 Å². The van der Waals surface area contributed by atoms with Crippen LogP contribution in [-0.4, -0.2) is 33.0 Å². The number of fused-ring (bicyclic) bond motifs is 2. The van der Waals surface area contributed by atoms with Crippen LogP contribution < -0.4 is 10.6 Å². The molecule has 0 fully saturated rings. The van der Waals surface area contributed by atoms with E-state index in [-0.39, 0.29) is 18.2 Å². The van der Waals surface area contributed by atoms with Gasteiger partial charge in [0.1, 0.15) is 11.6 Å². The maximum atomic E-state index is 13.4. The summed E-state index contributed by atoms with van der Waals surface area (Å²) in [5.74, 6) is -0.906. The molecule has 2 amide bonds. The van der Waals surface area contributed by atoms with Crippen LogP contribution in [0.2, 0.25) is 0 Å². The van der Waals surface area contributed by atoms with E-state index in [4.69, 9.17) is 0 Å². The van der Waals surface area contributed by atoms with Crippen molar-refractivity contribution in [1.29, 1.82) is 0 Å². The molecular weight excluding hydrogens is 337 g/mol. The molecule has 0 bridgehead atoms. The Morgan fingerprint density at radius 3 is 3.08 bits per heavy atom. The second kappa shape index (κ2) is 6.55. The van der Waals surface area contributed by atoms with Gasteiger partial charge in [0, 0.05) is 31.3 Å². The minimum absolute atomic E-state index is 0.0400. The van der Waals surface area contributed by atoms with Gasteiger partial charge >= 0.3 is 0 Å². The van der Waals surface area contributed by atoms with Gasteiger partial charge in [-0.05, 0) is 29.8 Å². The zero-order valence-electron chi connectivity index (χ0n) is 13.8. The van der Waals surface area contributed by atoms with Crippen LogP contribution in [0.1, 0.15) is 23.7 Å². The van der Waals surface area contributed by atoms with Crippen molar-refractivity contribution >= 4 is 23.1 Å². The van der Waals surface area contributed by atoms with Gasteiger partial charge < -0.3 is 10.6 Å². The number of amides is 2. The highest BCUT2D eigenvalue weighted by Crippen LogP contribution is 2.32. The topological polar surface area (TPSA) is 88.4 Å². The van der Waals surface area contributed by atoms with Crippen molar-refractivity contribution in [2.75, 3.05) is 11.9 Å². The lowest BCUT2D eigenvalue weighted by molar-refractivity contribution is -0.126. The first-order valence-electron chi connectivity index (χ1n) is 8.27. The quantitative estimate of drug-likeness (QED) is 0.747. The Morgan fingerprint density at radius 2 is 2.19 bits per heavy atom. The molecule has 7 nitrogen and oxygen atoms in total. The van der Waals surface area contributed by atoms with Crippen molar-refractivity contribution in [2.24, 2.45) is 0 Å². The van der Waals surface area contributed by atoms with Gasteiger partial charge in [-0.1, -0.05) is 12.1 Å². The largest absolute Gasteiger partial charge is 0.355 e. The number of anilines is 1. The average molecular weight is 353 g/mol. The molecule has 4 rings (SSSR count). The number of halogens is 1. The molecule has 2 N–H and O–H groups in total. The number of rotatable bonds is 4. The fraction of sp³-hybridized carbons (Fsp3) is 0.222. The van der Waals surface area contributed by atoms with Gasteiger partial charge in [0.05, 0.1) is 5.92 Å². The zero-order valence-corrected chi connectivity index (χ0v) is 13.8. The molecule has 132 valence electrons. The van der Waals surface area contributed by atoms with E-state index >= 15 is 0 Å². The van der Waals surface area contributed by atoms with E-state index in [0.29, 0.717) is 24.2 Å². The van der Waals surface area contributed by atoms with Crippen LogP contribution in [-0.2, 0) is 16.0 Å². The van der Waals surface area contributed by atoms with Gasteiger partial charge in [-0.2, -0.15) is 0 Å². The number of benzene rings is 1. The highest BCUT2D eigenvalue weighted by atomic mass is 19.1. The predicted octanol–water partition coefficient (Wildman–Crippen LogP) is 1.65. The Balaban J connectivity index is 1.45. The van der Waals surface area contributed by atoms with E-state index in [1.807, 2.05) is 28.8 Å². The van der Waals surface area contributed by atoms with Crippen LogP contribution in [0.5, 0.6) is 0 Å². The lowest BCUT2D eigenvalue weighted by Gasteiger charge is -2.24. The number of pyridine rings is 1. The minimum Gasteiger partial charge on any atom is -0.355 e. The molecule has 1 aliphatic heterocycles. The molecule has 26 heavy (non-hydrogen) atoms. The molecule has 0 radical (unpaired) electrons. The Bertz CT molecular complexity index is 1000. The summed E-state index contributed by atoms with van der Waals surface area (Å²) in [5, 5.41) is 13.6. The van der Waals surface area contributed by atoms with Crippen LogP contribution in [0.25, 0.3) is 5.65 Å². The fourth-order valence-corrected chi connectivity index (χ4v) is 3.15. The standard InChI is InChI=1S/C18H16FN5O2/c19-11-4-5-12-13(10-17(25)21-14(12)9-11)18(26)20-7-6-16-23-22-15-3-1-2-8-24(15)16/h1-5,8-9,13H,6-7,10H2,(H,20,26)(H,21,25). The molecule has 0 spiro atoms. The van der Waals surface area contributed by atoms with Gasteiger partial charge in [0.2, 0.25) is 11.8 Å². The Morgan fingerprint density at radius 1 is 1.31 bits per heavy atom. The number of nitrogens with one attached hydrogen (secondary N) is 2. The lowest BCUT2D eigenvalue weighted by Crippen LogP contribution is -2.36. The minimum atomic E-state index is -0.630. The van der Waals surface area contributed by atoms with E-state index < -0.39 is 11.7 Å². The van der Waals surface area contributed by atoms with Gasteiger partial charge in [0.25, 0.3) is 0 Å². The molecule has 0 saturated carbocycles. The third-order valence-electron chi connectivity index (χ3n) is 4.40. The molecule has 3 aromatic rings. The summed E-state index contributed by atoms with van der Waals surface area (Å²) in [6.07, 6.45) is 2.41. The Hall–Kier alpha value is -3.29. The maximum Gasteiger partial charge on any atom is 0.228 e. The third kappa shape index (κ3) is 3.01. The summed E-state index contributed by atoms with van der Waals surface area (Å²) in [5.41, 5.74) is 1.72. The number of hydrogen-bond acceptors (Lipinski definition) is 4. The normalized spacial score (nSPS) is 16.2. The summed E-state index contributed by atoms with van der Waals surface area (Å²) < 4.78 is 15.2. The van der Waals surface area contributed by atoms with Gasteiger partial charge in [-0.25, -0.2) is 4.39 Å². The summed E-state index contributed by atoms with van der Waals surface area (Å²) in [7, 11) is 0. The van der Waals surface area contributed by atoms with Crippen molar-refractivity contribution in [1.82, 2.24) is 19.9 Å². The fourth-order valence-electron chi connectivity index (χ4n) is 3.15. The van der Waals surface area contributed by atoms with Crippen LogP contribution in [0.15, 0.2) is 42.6 Å². The van der Waals surface area contributed by atoms with Crippen molar-refractivity contribution in [2.45, 2.75) is 18.8 Å². The molecule has 1 aliphatic rings. The summed E-state index contributed by atoms with van der Waals surface area (Å²) in [6.45, 7) is 0.364. The predicted molar refractivity (Wildman–Crippen MR) is 92.1 cm³/mol. The highest BCUT2D eigenvalue weighted by Gasteiger charge is 2.30. The maximum absolute atomic E-state index is 13.4. The first-order valence-corrected chi connectivity index (χ1v) is 8.27. The molecule has 0 aliphatic carbocycles. The monoisotopic (exact) mass is 353 g/mol. The average Bonchev–Trinajstić information content (AvgIpc) is 3.04. The lowest BCUT2D eigenvalue weighted by atomic mass is 9.89. The molecule has 1 unspecified atom stereocenters. The van der Waals surface area contributed by atoms with E-state index in [0.717, 1.165) is 11.5 Å². The van der Waals surface area contributed by atoms with Gasteiger partial charge in [0.15, 0.2) is 5.65 Å². The SMILES string of the molecule is O=C1CC(C(=O)NCCc2nnc3ccccn23)c2ccc(F)cc2N1. The Labute approximate surface area is 148 Å². The van der Waals surface area contributed by atoms with Crippen molar-refractivity contribution in [3.05, 3.63) is 59.8 Å². The first-order chi connectivity index (χ1) is 12.6. The summed E-state index contributed by atoms with van der Waals surface area (Å²) >= 11 is 0. The smallest absolute Gasteiger partial charge is 0.228 e. The second-order valence-corrected chi connectivity index (χ2v) is 6.12. The van der Waals surface area contributed by atoms with E-state index in [1.54, 1.807) is 6.07 Å². The highest BCUT2D eigenvalue weighted by molar-refractivity contribution is 6.01. The van der Waals surface area contributed by atoms with Crippen LogP contribution in [0, 0.1) is 5.82 Å². The number of aromatic nitrogens is 3. The Kier molecular flexibility index (Phi) is 4.08. The molecule has 1 atom stereocenters. The van der Waals surface area contributed by atoms with Crippen LogP contribution in [0.4, 0.5) is 10.1 Å². The molecule has 0 saturated heterocycles. The number of nitrogens with zero attached hydrogens (tertiary/aromatic N) is 3. The van der Waals surface area contributed by atoms with E-state index in [1.165, 1.54) is 12.1 Å². The molecule has 1 aromatic carbocycles. The first kappa shape index (κ1) is 16.2. The van der Waals surface area contributed by atoms with E-state index in [2.05, 4.69) is 20.8 Å². The van der Waals surface area contributed by atoms with Gasteiger partial charge in [-0.3, -0.25) is 14.0 Å². The van der Waals surface area contributed by atoms with Crippen LogP contribution >= 0.6 is 0 Å². The summed E-state index contributed by atoms with van der Waals surface area (Å²) in [4.78, 5) is 24.4. The molecular formula is C18H16FN5O2. The van der Waals surface area contributed by atoms with E-state index in [9.17, 15) is 14.0 Å². The molecule has 2 aromatic heterocycles.